The van der Waals surface area contributed by atoms with E-state index in [4.69, 9.17) is 19.4 Å². The molecule has 0 aliphatic carbocycles. The molecule has 0 saturated carbocycles. The van der Waals surface area contributed by atoms with Crippen molar-refractivity contribution in [2.24, 2.45) is 0 Å². The van der Waals surface area contributed by atoms with Crippen LogP contribution in [-0.4, -0.2) is 81.4 Å². The Labute approximate surface area is 233 Å². The summed E-state index contributed by atoms with van der Waals surface area (Å²) in [5.74, 6) is 1.09. The number of carbonyl (C=O) groups is 2. The van der Waals surface area contributed by atoms with Crippen molar-refractivity contribution in [2.75, 3.05) is 48.9 Å². The Morgan fingerprint density at radius 3 is 2.73 bits per heavy atom. The predicted octanol–water partition coefficient (Wildman–Crippen LogP) is 3.03. The molecular formula is C28H38N8O4. The monoisotopic (exact) mass is 550 g/mol. The molecule has 2 saturated heterocycles. The number of anilines is 3. The van der Waals surface area contributed by atoms with E-state index < -0.39 is 6.04 Å². The Morgan fingerprint density at radius 2 is 1.95 bits per heavy atom. The highest BCUT2D eigenvalue weighted by Gasteiger charge is 2.32. The van der Waals surface area contributed by atoms with Gasteiger partial charge in [-0.3, -0.25) is 9.59 Å². The van der Waals surface area contributed by atoms with Gasteiger partial charge in [-0.05, 0) is 36.5 Å². The third-order valence-electron chi connectivity index (χ3n) is 7.27. The predicted molar refractivity (Wildman–Crippen MR) is 151 cm³/mol. The standard InChI is InChI=1S/C28H38N8O4/c1-4-24(37)35-10-13-40-17-23(35)26(38)31-21-7-5-6-19(14-21)15-29-28-34-27(32-20-8-11-39-12-9-20)33-25-22(18(2)3)16-30-36(25)28/h5-7,14,16,18,20,23H,4,8-13,15,17H2,1-3H3,(H,31,38)(H2,29,32,33,34). The summed E-state index contributed by atoms with van der Waals surface area (Å²) in [5.41, 5.74) is 3.41. The van der Waals surface area contributed by atoms with E-state index in [1.54, 1.807) is 16.3 Å². The minimum absolute atomic E-state index is 0.0532. The van der Waals surface area contributed by atoms with E-state index >= 15 is 0 Å². The molecule has 214 valence electrons. The number of fused-ring (bicyclic) bond motifs is 1. The average Bonchev–Trinajstić information content (AvgIpc) is 3.41. The number of morpholine rings is 1. The lowest BCUT2D eigenvalue weighted by molar-refractivity contribution is -0.146. The van der Waals surface area contributed by atoms with Crippen molar-refractivity contribution < 1.29 is 19.1 Å². The number of hydrogen-bond acceptors (Lipinski definition) is 9. The van der Waals surface area contributed by atoms with E-state index in [1.807, 2.05) is 30.5 Å². The number of rotatable bonds is 9. The maximum Gasteiger partial charge on any atom is 0.249 e. The second-order valence-corrected chi connectivity index (χ2v) is 10.5. The molecule has 0 radical (unpaired) electrons. The van der Waals surface area contributed by atoms with Crippen molar-refractivity contribution >= 4 is 35.0 Å². The summed E-state index contributed by atoms with van der Waals surface area (Å²) in [6.45, 7) is 8.98. The largest absolute Gasteiger partial charge is 0.381 e. The molecule has 2 aliphatic rings. The van der Waals surface area contributed by atoms with Gasteiger partial charge in [0.25, 0.3) is 0 Å². The summed E-state index contributed by atoms with van der Waals surface area (Å²) in [7, 11) is 0. The topological polar surface area (TPSA) is 135 Å². The minimum Gasteiger partial charge on any atom is -0.381 e. The second-order valence-electron chi connectivity index (χ2n) is 10.5. The highest BCUT2D eigenvalue weighted by Crippen LogP contribution is 2.24. The SMILES string of the molecule is CCC(=O)N1CCOCC1C(=O)Nc1cccc(CNc2nc(NC3CCOCC3)nc3c(C(C)C)cnn23)c1. The fourth-order valence-corrected chi connectivity index (χ4v) is 4.99. The third kappa shape index (κ3) is 6.34. The van der Waals surface area contributed by atoms with Crippen molar-refractivity contribution in [3.8, 4) is 0 Å². The van der Waals surface area contributed by atoms with E-state index in [-0.39, 0.29) is 30.4 Å². The first-order valence-electron chi connectivity index (χ1n) is 14.0. The lowest BCUT2D eigenvalue weighted by Gasteiger charge is -2.34. The quantitative estimate of drug-likeness (QED) is 0.367. The summed E-state index contributed by atoms with van der Waals surface area (Å²) in [6.07, 6.45) is 4.01. The summed E-state index contributed by atoms with van der Waals surface area (Å²) < 4.78 is 12.7. The molecule has 2 fully saturated rings. The van der Waals surface area contributed by atoms with Crippen LogP contribution in [0, 0.1) is 0 Å². The fourth-order valence-electron chi connectivity index (χ4n) is 4.99. The lowest BCUT2D eigenvalue weighted by atomic mass is 10.1. The third-order valence-corrected chi connectivity index (χ3v) is 7.27. The van der Waals surface area contributed by atoms with E-state index in [2.05, 4.69) is 34.9 Å². The van der Waals surface area contributed by atoms with Crippen LogP contribution in [0.25, 0.3) is 5.65 Å². The highest BCUT2D eigenvalue weighted by molar-refractivity contribution is 5.97. The van der Waals surface area contributed by atoms with Crippen LogP contribution in [0.5, 0.6) is 0 Å². The van der Waals surface area contributed by atoms with Gasteiger partial charge >= 0.3 is 0 Å². The minimum atomic E-state index is -0.645. The van der Waals surface area contributed by atoms with Gasteiger partial charge in [-0.25, -0.2) is 0 Å². The molecule has 3 aromatic rings. The molecule has 12 heteroatoms. The van der Waals surface area contributed by atoms with Gasteiger partial charge in [0, 0.05) is 50.0 Å². The first kappa shape index (κ1) is 27.8. The first-order valence-corrected chi connectivity index (χ1v) is 14.0. The van der Waals surface area contributed by atoms with Gasteiger partial charge in [0.2, 0.25) is 23.7 Å². The van der Waals surface area contributed by atoms with Crippen molar-refractivity contribution in [2.45, 2.75) is 64.6 Å². The normalized spacial score (nSPS) is 18.2. The Morgan fingerprint density at radius 1 is 1.12 bits per heavy atom. The molecular weight excluding hydrogens is 512 g/mol. The molecule has 40 heavy (non-hydrogen) atoms. The fraction of sp³-hybridized carbons (Fsp3) is 0.536. The molecule has 2 amide bonds. The summed E-state index contributed by atoms with van der Waals surface area (Å²) >= 11 is 0. The first-order chi connectivity index (χ1) is 19.4. The zero-order chi connectivity index (χ0) is 28.1. The Kier molecular flexibility index (Phi) is 8.75. The molecule has 0 spiro atoms. The number of carbonyl (C=O) groups excluding carboxylic acids is 2. The summed E-state index contributed by atoms with van der Waals surface area (Å²) in [6, 6.07) is 7.21. The number of hydrogen-bond donors (Lipinski definition) is 3. The van der Waals surface area contributed by atoms with Gasteiger partial charge < -0.3 is 30.3 Å². The molecule has 0 bridgehead atoms. The number of benzene rings is 1. The maximum atomic E-state index is 13.0. The average molecular weight is 551 g/mol. The van der Waals surface area contributed by atoms with Gasteiger partial charge in [-0.15, -0.1) is 0 Å². The van der Waals surface area contributed by atoms with Gasteiger partial charge in [-0.1, -0.05) is 32.9 Å². The van der Waals surface area contributed by atoms with Gasteiger partial charge in [-0.2, -0.15) is 19.6 Å². The van der Waals surface area contributed by atoms with Crippen LogP contribution in [0.1, 0.15) is 57.1 Å². The zero-order valence-corrected chi connectivity index (χ0v) is 23.4. The molecule has 1 atom stereocenters. The number of aromatic nitrogens is 4. The smallest absolute Gasteiger partial charge is 0.249 e. The van der Waals surface area contributed by atoms with Gasteiger partial charge in [0.05, 0.1) is 19.4 Å². The van der Waals surface area contributed by atoms with E-state index in [9.17, 15) is 9.59 Å². The van der Waals surface area contributed by atoms with E-state index in [1.165, 1.54) is 0 Å². The molecule has 2 aromatic heterocycles. The molecule has 12 nitrogen and oxygen atoms in total. The summed E-state index contributed by atoms with van der Waals surface area (Å²) in [4.78, 5) is 36.5. The summed E-state index contributed by atoms with van der Waals surface area (Å²) in [5, 5.41) is 14.4. The molecule has 1 aromatic carbocycles. The van der Waals surface area contributed by atoms with E-state index in [0.717, 1.165) is 42.8 Å². The van der Waals surface area contributed by atoms with Gasteiger partial charge in [0.15, 0.2) is 5.65 Å². The highest BCUT2D eigenvalue weighted by atomic mass is 16.5. The van der Waals surface area contributed by atoms with Crippen molar-refractivity contribution in [1.29, 1.82) is 0 Å². The molecule has 5 rings (SSSR count). The lowest BCUT2D eigenvalue weighted by Crippen LogP contribution is -2.54. The number of amides is 2. The van der Waals surface area contributed by atoms with Crippen LogP contribution < -0.4 is 16.0 Å². The van der Waals surface area contributed by atoms with Crippen LogP contribution in [0.2, 0.25) is 0 Å². The van der Waals surface area contributed by atoms with Crippen LogP contribution in [0.4, 0.5) is 17.6 Å². The second kappa shape index (κ2) is 12.6. The Hall–Kier alpha value is -3.77. The van der Waals surface area contributed by atoms with Crippen molar-refractivity contribution in [3.63, 3.8) is 0 Å². The number of nitrogens with one attached hydrogen (secondary N) is 3. The van der Waals surface area contributed by atoms with E-state index in [0.29, 0.717) is 43.7 Å². The molecule has 2 aliphatic heterocycles. The molecule has 3 N–H and O–H groups in total. The van der Waals surface area contributed by atoms with Gasteiger partial charge in [0.1, 0.15) is 6.04 Å². The molecule has 4 heterocycles. The van der Waals surface area contributed by atoms with Crippen LogP contribution >= 0.6 is 0 Å². The van der Waals surface area contributed by atoms with Crippen LogP contribution in [0.15, 0.2) is 30.5 Å². The maximum absolute atomic E-state index is 13.0. The Bertz CT molecular complexity index is 1340. The number of ether oxygens (including phenoxy) is 2. The van der Waals surface area contributed by atoms with Crippen molar-refractivity contribution in [3.05, 3.63) is 41.6 Å². The van der Waals surface area contributed by atoms with Crippen LogP contribution in [-0.2, 0) is 25.6 Å². The molecule has 1 unspecified atom stereocenters. The Balaban J connectivity index is 1.31. The number of nitrogens with zero attached hydrogens (tertiary/aromatic N) is 5. The zero-order valence-electron chi connectivity index (χ0n) is 23.4. The van der Waals surface area contributed by atoms with Crippen molar-refractivity contribution in [1.82, 2.24) is 24.5 Å². The van der Waals surface area contributed by atoms with Crippen LogP contribution in [0.3, 0.4) is 0 Å².